The summed E-state index contributed by atoms with van der Waals surface area (Å²) in [6.45, 7) is 8.51. The minimum atomic E-state index is 0.0244. The molecule has 2 aliphatic heterocycles. The highest BCUT2D eigenvalue weighted by molar-refractivity contribution is 4.90. The molecule has 0 aliphatic carbocycles. The summed E-state index contributed by atoms with van der Waals surface area (Å²) in [5.41, 5.74) is 0.0244. The summed E-state index contributed by atoms with van der Waals surface area (Å²) < 4.78 is 5.26. The molecule has 2 aliphatic rings. The predicted molar refractivity (Wildman–Crippen MR) is 68.1 cm³/mol. The molecule has 0 spiro atoms. The predicted octanol–water partition coefficient (Wildman–Crippen LogP) is 0.411. The normalized spacial score (nSPS) is 26.1. The first-order valence-corrected chi connectivity index (χ1v) is 6.80. The van der Waals surface area contributed by atoms with Gasteiger partial charge in [-0.05, 0) is 39.5 Å². The van der Waals surface area contributed by atoms with Crippen molar-refractivity contribution in [3.8, 4) is 0 Å². The zero-order valence-electron chi connectivity index (χ0n) is 11.2. The maximum absolute atomic E-state index is 9.45. The van der Waals surface area contributed by atoms with Crippen molar-refractivity contribution >= 4 is 0 Å². The molecule has 2 saturated heterocycles. The molecule has 0 unspecified atom stereocenters. The lowest BCUT2D eigenvalue weighted by Gasteiger charge is -2.45. The second-order valence-corrected chi connectivity index (χ2v) is 5.73. The number of ether oxygens (including phenoxy) is 1. The fraction of sp³-hybridized carbons (Fsp3) is 1.00. The van der Waals surface area contributed by atoms with Crippen molar-refractivity contribution < 1.29 is 9.84 Å². The zero-order chi connectivity index (χ0) is 12.3. The van der Waals surface area contributed by atoms with Crippen LogP contribution in [0.2, 0.25) is 0 Å². The van der Waals surface area contributed by atoms with Crippen molar-refractivity contribution in [2.45, 2.75) is 25.8 Å². The van der Waals surface area contributed by atoms with Crippen LogP contribution >= 0.6 is 0 Å². The smallest absolute Gasteiger partial charge is 0.0579 e. The van der Waals surface area contributed by atoms with Gasteiger partial charge in [-0.15, -0.1) is 0 Å². The molecule has 2 fully saturated rings. The zero-order valence-corrected chi connectivity index (χ0v) is 11.2. The van der Waals surface area contributed by atoms with E-state index < -0.39 is 0 Å². The van der Waals surface area contributed by atoms with E-state index in [1.165, 1.54) is 32.5 Å². The van der Waals surface area contributed by atoms with Gasteiger partial charge in [0.25, 0.3) is 0 Å². The Balaban J connectivity index is 1.78. The molecule has 1 N–H and O–H groups in total. The number of nitrogens with zero attached hydrogens (tertiary/aromatic N) is 2. The van der Waals surface area contributed by atoms with Gasteiger partial charge in [0.2, 0.25) is 0 Å². The first kappa shape index (κ1) is 13.3. The van der Waals surface area contributed by atoms with Crippen LogP contribution in [0.25, 0.3) is 0 Å². The maximum atomic E-state index is 9.45. The van der Waals surface area contributed by atoms with Crippen LogP contribution in [0.3, 0.4) is 0 Å². The first-order valence-electron chi connectivity index (χ1n) is 6.80. The van der Waals surface area contributed by atoms with Gasteiger partial charge in [-0.25, -0.2) is 0 Å². The molecule has 0 aromatic rings. The van der Waals surface area contributed by atoms with Crippen molar-refractivity contribution in [1.29, 1.82) is 0 Å². The van der Waals surface area contributed by atoms with E-state index in [0.717, 1.165) is 19.8 Å². The Bertz CT molecular complexity index is 230. The average molecular weight is 242 g/mol. The van der Waals surface area contributed by atoms with E-state index in [4.69, 9.17) is 4.74 Å². The van der Waals surface area contributed by atoms with E-state index in [2.05, 4.69) is 23.8 Å². The highest BCUT2D eigenvalue weighted by Crippen LogP contribution is 2.29. The number of hydrogen-bond acceptors (Lipinski definition) is 4. The molecule has 2 rings (SSSR count). The lowest BCUT2D eigenvalue weighted by molar-refractivity contribution is -0.150. The number of piperidine rings is 1. The maximum Gasteiger partial charge on any atom is 0.0579 e. The van der Waals surface area contributed by atoms with Gasteiger partial charge in [0.05, 0.1) is 25.2 Å². The summed E-state index contributed by atoms with van der Waals surface area (Å²) in [7, 11) is 2.20. The molecule has 4 heteroatoms. The Kier molecular flexibility index (Phi) is 4.42. The quantitative estimate of drug-likeness (QED) is 0.757. The van der Waals surface area contributed by atoms with E-state index in [1.54, 1.807) is 0 Å². The van der Waals surface area contributed by atoms with Gasteiger partial charge < -0.3 is 19.6 Å². The Morgan fingerprint density at radius 3 is 2.41 bits per heavy atom. The van der Waals surface area contributed by atoms with Crippen molar-refractivity contribution in [2.75, 3.05) is 53.0 Å². The highest BCUT2D eigenvalue weighted by Gasteiger charge is 2.40. The van der Waals surface area contributed by atoms with Crippen LogP contribution < -0.4 is 0 Å². The third kappa shape index (κ3) is 2.99. The van der Waals surface area contributed by atoms with Gasteiger partial charge >= 0.3 is 0 Å². The molecule has 0 aromatic heterocycles. The van der Waals surface area contributed by atoms with Crippen LogP contribution in [0.4, 0.5) is 0 Å². The lowest BCUT2D eigenvalue weighted by Crippen LogP contribution is -2.55. The number of likely N-dealkylation sites (tertiary alicyclic amines) is 1. The summed E-state index contributed by atoms with van der Waals surface area (Å²) in [6, 6.07) is 0.682. The summed E-state index contributed by atoms with van der Waals surface area (Å²) in [6.07, 6.45) is 2.51. The molecule has 0 radical (unpaired) electrons. The number of aliphatic hydroxyl groups is 1. The fourth-order valence-corrected chi connectivity index (χ4v) is 2.96. The van der Waals surface area contributed by atoms with Crippen LogP contribution in [0.5, 0.6) is 0 Å². The van der Waals surface area contributed by atoms with Crippen LogP contribution in [0.1, 0.15) is 19.8 Å². The molecule has 0 saturated carbocycles. The van der Waals surface area contributed by atoms with E-state index in [9.17, 15) is 5.11 Å². The molecule has 0 aromatic carbocycles. The fourth-order valence-electron chi connectivity index (χ4n) is 2.96. The molecular weight excluding hydrogens is 216 g/mol. The minimum absolute atomic E-state index is 0.0244. The van der Waals surface area contributed by atoms with Gasteiger partial charge in [0, 0.05) is 12.6 Å². The van der Waals surface area contributed by atoms with Gasteiger partial charge in [-0.2, -0.15) is 0 Å². The van der Waals surface area contributed by atoms with E-state index >= 15 is 0 Å². The second kappa shape index (κ2) is 5.65. The average Bonchev–Trinajstić information content (AvgIpc) is 2.33. The second-order valence-electron chi connectivity index (χ2n) is 5.73. The third-order valence-corrected chi connectivity index (χ3v) is 4.36. The van der Waals surface area contributed by atoms with E-state index in [0.29, 0.717) is 6.04 Å². The Morgan fingerprint density at radius 1 is 1.35 bits per heavy atom. The minimum Gasteiger partial charge on any atom is -0.396 e. The highest BCUT2D eigenvalue weighted by atomic mass is 16.5. The van der Waals surface area contributed by atoms with Crippen LogP contribution in [0.15, 0.2) is 0 Å². The Labute approximate surface area is 105 Å². The number of hydrogen-bond donors (Lipinski definition) is 1. The number of rotatable bonds is 5. The van der Waals surface area contributed by atoms with Gasteiger partial charge in [0.15, 0.2) is 0 Å². The molecule has 0 amide bonds. The van der Waals surface area contributed by atoms with Crippen molar-refractivity contribution in [3.05, 3.63) is 0 Å². The van der Waals surface area contributed by atoms with Crippen molar-refractivity contribution in [2.24, 2.45) is 5.41 Å². The lowest BCUT2D eigenvalue weighted by atomic mass is 9.85. The van der Waals surface area contributed by atoms with E-state index in [-0.39, 0.29) is 12.0 Å². The molecule has 2 heterocycles. The topological polar surface area (TPSA) is 35.9 Å². The Hall–Kier alpha value is -0.160. The molecule has 17 heavy (non-hydrogen) atoms. The van der Waals surface area contributed by atoms with Gasteiger partial charge in [-0.3, -0.25) is 0 Å². The van der Waals surface area contributed by atoms with E-state index in [1.807, 2.05) is 0 Å². The van der Waals surface area contributed by atoms with Crippen LogP contribution in [-0.2, 0) is 4.74 Å². The molecule has 100 valence electrons. The van der Waals surface area contributed by atoms with Crippen LogP contribution in [-0.4, -0.2) is 74.0 Å². The molecule has 0 bridgehead atoms. The summed E-state index contributed by atoms with van der Waals surface area (Å²) in [4.78, 5) is 4.95. The van der Waals surface area contributed by atoms with Crippen molar-refractivity contribution in [3.63, 3.8) is 0 Å². The molecule has 0 atom stereocenters. The first-order chi connectivity index (χ1) is 8.19. The summed E-state index contributed by atoms with van der Waals surface area (Å²) in [5, 5.41) is 9.45. The molecule has 4 nitrogen and oxygen atoms in total. The van der Waals surface area contributed by atoms with Gasteiger partial charge in [0.1, 0.15) is 0 Å². The largest absolute Gasteiger partial charge is 0.396 e. The third-order valence-electron chi connectivity index (χ3n) is 4.36. The summed E-state index contributed by atoms with van der Waals surface area (Å²) in [5.74, 6) is 0. The SMILES string of the molecule is CCN1CCC(N(C)CC2(CO)COC2)CC1. The Morgan fingerprint density at radius 2 is 2.00 bits per heavy atom. The van der Waals surface area contributed by atoms with Gasteiger partial charge in [-0.1, -0.05) is 6.92 Å². The summed E-state index contributed by atoms with van der Waals surface area (Å²) >= 11 is 0. The van der Waals surface area contributed by atoms with Crippen LogP contribution in [0, 0.1) is 5.41 Å². The standard InChI is InChI=1S/C13H26N2O2/c1-3-15-6-4-12(5-7-15)14(2)8-13(9-16)10-17-11-13/h12,16H,3-11H2,1-2H3. The number of aliphatic hydroxyl groups excluding tert-OH is 1. The van der Waals surface area contributed by atoms with Crippen molar-refractivity contribution in [1.82, 2.24) is 9.80 Å². The monoisotopic (exact) mass is 242 g/mol. The molecular formula is C13H26N2O2.